The van der Waals surface area contributed by atoms with Gasteiger partial charge in [0.25, 0.3) is 0 Å². The average molecular weight is 335 g/mol. The minimum atomic E-state index is -1.08. The van der Waals surface area contributed by atoms with Crippen LogP contribution in [0.25, 0.3) is 0 Å². The molecule has 3 amide bonds. The monoisotopic (exact) mass is 334 g/mol. The Labute approximate surface area is 116 Å². The molecule has 3 N–H and O–H groups in total. The number of hydrogen-bond donors (Lipinski definition) is 3. The Morgan fingerprint density at radius 3 is 2.61 bits per heavy atom. The Morgan fingerprint density at radius 2 is 2.06 bits per heavy atom. The van der Waals surface area contributed by atoms with Gasteiger partial charge in [-0.25, -0.2) is 4.79 Å². The van der Waals surface area contributed by atoms with Gasteiger partial charge in [-0.15, -0.1) is 11.3 Å². The number of halogens is 1. The van der Waals surface area contributed by atoms with E-state index in [2.05, 4.69) is 26.6 Å². The lowest BCUT2D eigenvalue weighted by Gasteiger charge is -2.05. The quantitative estimate of drug-likeness (QED) is 0.763. The van der Waals surface area contributed by atoms with Gasteiger partial charge < -0.3 is 10.4 Å². The molecule has 98 valence electrons. The van der Waals surface area contributed by atoms with Gasteiger partial charge in [0.05, 0.1) is 13.0 Å². The lowest BCUT2D eigenvalue weighted by molar-refractivity contribution is -0.138. The summed E-state index contributed by atoms with van der Waals surface area (Å²) >= 11 is 4.79. The van der Waals surface area contributed by atoms with Gasteiger partial charge in [0.15, 0.2) is 0 Å². The van der Waals surface area contributed by atoms with Crippen LogP contribution >= 0.6 is 27.3 Å². The molecule has 0 atom stereocenters. The lowest BCUT2D eigenvalue weighted by Crippen LogP contribution is -2.39. The van der Waals surface area contributed by atoms with Crippen LogP contribution in [0.2, 0.25) is 0 Å². The Bertz CT molecular complexity index is 460. The van der Waals surface area contributed by atoms with Crippen LogP contribution in [0.5, 0.6) is 0 Å². The summed E-state index contributed by atoms with van der Waals surface area (Å²) in [5.74, 6) is -1.69. The molecule has 0 saturated heterocycles. The highest BCUT2D eigenvalue weighted by Crippen LogP contribution is 2.21. The SMILES string of the molecule is O=C(O)CCC(=O)NC(=O)NCc1sccc1Br. The predicted octanol–water partition coefficient (Wildman–Crippen LogP) is 1.70. The third kappa shape index (κ3) is 5.28. The average Bonchev–Trinajstić information content (AvgIpc) is 2.69. The molecule has 0 unspecified atom stereocenters. The van der Waals surface area contributed by atoms with Gasteiger partial charge in [0.2, 0.25) is 5.91 Å². The second-order valence-corrected chi connectivity index (χ2v) is 5.17. The van der Waals surface area contributed by atoms with Crippen molar-refractivity contribution in [3.05, 3.63) is 20.8 Å². The number of imide groups is 1. The van der Waals surface area contributed by atoms with E-state index >= 15 is 0 Å². The number of urea groups is 1. The van der Waals surface area contributed by atoms with Crippen molar-refractivity contribution in [1.29, 1.82) is 0 Å². The Balaban J connectivity index is 2.27. The molecule has 0 aromatic carbocycles. The highest BCUT2D eigenvalue weighted by Gasteiger charge is 2.10. The van der Waals surface area contributed by atoms with E-state index < -0.39 is 17.9 Å². The molecule has 1 aromatic heterocycles. The number of nitrogens with one attached hydrogen (secondary N) is 2. The van der Waals surface area contributed by atoms with E-state index in [9.17, 15) is 14.4 Å². The van der Waals surface area contributed by atoms with E-state index in [1.54, 1.807) is 0 Å². The van der Waals surface area contributed by atoms with Gasteiger partial charge in [-0.1, -0.05) is 0 Å². The molecule has 6 nitrogen and oxygen atoms in total. The highest BCUT2D eigenvalue weighted by molar-refractivity contribution is 9.10. The first kappa shape index (κ1) is 14.7. The van der Waals surface area contributed by atoms with Crippen molar-refractivity contribution in [2.45, 2.75) is 19.4 Å². The number of carboxylic acids is 1. The lowest BCUT2D eigenvalue weighted by atomic mass is 10.3. The number of carbonyl (C=O) groups excluding carboxylic acids is 2. The van der Waals surface area contributed by atoms with E-state index in [0.717, 1.165) is 9.35 Å². The van der Waals surface area contributed by atoms with Crippen molar-refractivity contribution in [3.8, 4) is 0 Å². The van der Waals surface area contributed by atoms with Crippen LogP contribution in [0.3, 0.4) is 0 Å². The maximum atomic E-state index is 11.3. The van der Waals surface area contributed by atoms with Crippen molar-refractivity contribution in [1.82, 2.24) is 10.6 Å². The zero-order valence-electron chi connectivity index (χ0n) is 9.23. The number of carbonyl (C=O) groups is 3. The number of rotatable bonds is 5. The summed E-state index contributed by atoms with van der Waals surface area (Å²) in [4.78, 5) is 33.6. The van der Waals surface area contributed by atoms with E-state index in [1.807, 2.05) is 11.4 Å². The fourth-order valence-corrected chi connectivity index (χ4v) is 2.50. The molecule has 0 aliphatic heterocycles. The first-order chi connectivity index (χ1) is 8.49. The second kappa shape index (κ2) is 7.12. The molecule has 0 bridgehead atoms. The smallest absolute Gasteiger partial charge is 0.321 e. The number of amides is 3. The van der Waals surface area contributed by atoms with Crippen LogP contribution in [0.4, 0.5) is 4.79 Å². The summed E-state index contributed by atoms with van der Waals surface area (Å²) in [7, 11) is 0. The first-order valence-electron chi connectivity index (χ1n) is 5.00. The van der Waals surface area contributed by atoms with Crippen LogP contribution in [-0.4, -0.2) is 23.0 Å². The highest BCUT2D eigenvalue weighted by atomic mass is 79.9. The van der Waals surface area contributed by atoms with E-state index in [0.29, 0.717) is 6.54 Å². The van der Waals surface area contributed by atoms with E-state index in [-0.39, 0.29) is 12.8 Å². The third-order valence-corrected chi connectivity index (χ3v) is 3.85. The largest absolute Gasteiger partial charge is 0.481 e. The molecule has 8 heteroatoms. The van der Waals surface area contributed by atoms with Crippen LogP contribution in [0.15, 0.2) is 15.9 Å². The molecule has 0 aliphatic rings. The molecule has 1 heterocycles. The van der Waals surface area contributed by atoms with Crippen LogP contribution in [0.1, 0.15) is 17.7 Å². The van der Waals surface area contributed by atoms with Gasteiger partial charge in [-0.2, -0.15) is 0 Å². The fourth-order valence-electron chi connectivity index (χ4n) is 1.07. The van der Waals surface area contributed by atoms with Gasteiger partial charge in [-0.05, 0) is 27.4 Å². The van der Waals surface area contributed by atoms with Gasteiger partial charge in [0, 0.05) is 15.8 Å². The summed E-state index contributed by atoms with van der Waals surface area (Å²) in [6.45, 7) is 0.302. The number of aliphatic carboxylic acids is 1. The van der Waals surface area contributed by atoms with Crippen molar-refractivity contribution in [2.24, 2.45) is 0 Å². The Hall–Kier alpha value is -1.41. The van der Waals surface area contributed by atoms with Gasteiger partial charge >= 0.3 is 12.0 Å². The molecule has 0 saturated carbocycles. The normalized spacial score (nSPS) is 9.83. The van der Waals surface area contributed by atoms with Crippen LogP contribution in [0, 0.1) is 0 Å². The van der Waals surface area contributed by atoms with Crippen molar-refractivity contribution < 1.29 is 19.5 Å². The van der Waals surface area contributed by atoms with Crippen molar-refractivity contribution in [2.75, 3.05) is 0 Å². The molecule has 18 heavy (non-hydrogen) atoms. The van der Waals surface area contributed by atoms with Crippen LogP contribution < -0.4 is 10.6 Å². The summed E-state index contributed by atoms with van der Waals surface area (Å²) < 4.78 is 0.894. The molecule has 0 spiro atoms. The summed E-state index contributed by atoms with van der Waals surface area (Å²) in [6, 6.07) is 1.23. The zero-order valence-corrected chi connectivity index (χ0v) is 11.6. The molecule has 1 aromatic rings. The maximum Gasteiger partial charge on any atom is 0.321 e. The van der Waals surface area contributed by atoms with Gasteiger partial charge in [-0.3, -0.25) is 14.9 Å². The number of hydrogen-bond acceptors (Lipinski definition) is 4. The summed E-state index contributed by atoms with van der Waals surface area (Å²) in [6.07, 6.45) is -0.513. The van der Waals surface area contributed by atoms with Crippen molar-refractivity contribution in [3.63, 3.8) is 0 Å². The third-order valence-electron chi connectivity index (χ3n) is 1.92. The summed E-state index contributed by atoms with van der Waals surface area (Å²) in [5.41, 5.74) is 0. The first-order valence-corrected chi connectivity index (χ1v) is 6.67. The van der Waals surface area contributed by atoms with Crippen LogP contribution in [-0.2, 0) is 16.1 Å². The zero-order chi connectivity index (χ0) is 13.5. The van der Waals surface area contributed by atoms with Gasteiger partial charge in [0.1, 0.15) is 0 Å². The minimum Gasteiger partial charge on any atom is -0.481 e. The predicted molar refractivity (Wildman–Crippen MR) is 69.3 cm³/mol. The second-order valence-electron chi connectivity index (χ2n) is 3.32. The Morgan fingerprint density at radius 1 is 1.33 bits per heavy atom. The standard InChI is InChI=1S/C10H11BrN2O4S/c11-6-3-4-18-7(6)5-12-10(17)13-8(14)1-2-9(15)16/h3-4H,1-2,5H2,(H,15,16)(H2,12,13,14,17). The molecular formula is C10H11BrN2O4S. The minimum absolute atomic E-state index is 0.217. The number of thiophene rings is 1. The molecule has 1 rings (SSSR count). The maximum absolute atomic E-state index is 11.3. The molecule has 0 fully saturated rings. The summed E-state index contributed by atoms with van der Waals surface area (Å²) in [5, 5.41) is 14.8. The topological polar surface area (TPSA) is 95.5 Å². The Kier molecular flexibility index (Phi) is 5.79. The van der Waals surface area contributed by atoms with Crippen molar-refractivity contribution >= 4 is 45.2 Å². The molecule has 0 radical (unpaired) electrons. The fraction of sp³-hybridized carbons (Fsp3) is 0.300. The molecular weight excluding hydrogens is 324 g/mol. The molecule has 0 aliphatic carbocycles. The van der Waals surface area contributed by atoms with E-state index in [4.69, 9.17) is 5.11 Å². The number of carboxylic acid groups (broad SMARTS) is 1. The van der Waals surface area contributed by atoms with E-state index in [1.165, 1.54) is 11.3 Å².